The van der Waals surface area contributed by atoms with E-state index in [2.05, 4.69) is 4.98 Å². The van der Waals surface area contributed by atoms with E-state index in [0.717, 1.165) is 22.9 Å². The summed E-state index contributed by atoms with van der Waals surface area (Å²) in [5, 5.41) is 0. The molecule has 4 rings (SSSR count). The molecular formula is C23H14F6N2. The molecule has 0 spiro atoms. The summed E-state index contributed by atoms with van der Waals surface area (Å²) in [6.07, 6.45) is -7.78. The number of hydrogen-bond donors (Lipinski definition) is 0. The summed E-state index contributed by atoms with van der Waals surface area (Å²) in [5.41, 5.74) is -3.33. The van der Waals surface area contributed by atoms with Crippen LogP contribution in [0.5, 0.6) is 0 Å². The summed E-state index contributed by atoms with van der Waals surface area (Å²) in [6, 6.07) is 17.2. The highest BCUT2D eigenvalue weighted by molar-refractivity contribution is 5.71. The van der Waals surface area contributed by atoms with E-state index in [1.165, 1.54) is 18.3 Å². The van der Waals surface area contributed by atoms with Crippen LogP contribution in [0.25, 0.3) is 28.2 Å². The summed E-state index contributed by atoms with van der Waals surface area (Å²) in [5.74, 6) is -0.0240. The zero-order valence-electron chi connectivity index (χ0n) is 15.7. The summed E-state index contributed by atoms with van der Waals surface area (Å²) in [6.45, 7) is 0. The highest BCUT2D eigenvalue weighted by Crippen LogP contribution is 2.45. The Morgan fingerprint density at radius 3 is 1.58 bits per heavy atom. The fourth-order valence-electron chi connectivity index (χ4n) is 3.41. The van der Waals surface area contributed by atoms with Crippen LogP contribution in [0.2, 0.25) is 0 Å². The Labute approximate surface area is 173 Å². The van der Waals surface area contributed by atoms with Gasteiger partial charge in [0.05, 0.1) is 16.8 Å². The van der Waals surface area contributed by atoms with Gasteiger partial charge in [0.1, 0.15) is 5.82 Å². The predicted molar refractivity (Wildman–Crippen MR) is 104 cm³/mol. The van der Waals surface area contributed by atoms with Gasteiger partial charge in [-0.05, 0) is 23.3 Å². The van der Waals surface area contributed by atoms with Crippen LogP contribution in [-0.2, 0) is 12.4 Å². The van der Waals surface area contributed by atoms with Gasteiger partial charge >= 0.3 is 12.4 Å². The van der Waals surface area contributed by atoms with E-state index in [-0.39, 0.29) is 17.0 Å². The fourth-order valence-corrected chi connectivity index (χ4v) is 3.41. The number of halogens is 6. The average molecular weight is 432 g/mol. The van der Waals surface area contributed by atoms with E-state index in [9.17, 15) is 26.3 Å². The standard InChI is InChI=1S/C23H14F6N2/c24-22(25,26)18-13-17(15-7-3-1-4-8-15)14-19(23(27,28)29)20(18)31-12-11-30-21(31)16-9-5-2-6-10-16/h1-14H. The molecule has 0 unspecified atom stereocenters. The van der Waals surface area contributed by atoms with E-state index >= 15 is 0 Å². The number of alkyl halides is 6. The molecule has 0 saturated carbocycles. The van der Waals surface area contributed by atoms with Crippen molar-refractivity contribution in [1.29, 1.82) is 0 Å². The van der Waals surface area contributed by atoms with E-state index in [1.807, 2.05) is 0 Å². The van der Waals surface area contributed by atoms with E-state index < -0.39 is 29.2 Å². The molecule has 0 aliphatic heterocycles. The Kier molecular flexibility index (Phi) is 5.08. The van der Waals surface area contributed by atoms with Gasteiger partial charge in [-0.15, -0.1) is 0 Å². The lowest BCUT2D eigenvalue weighted by Crippen LogP contribution is -2.18. The molecule has 2 nitrogen and oxygen atoms in total. The van der Waals surface area contributed by atoms with Gasteiger partial charge in [-0.25, -0.2) is 4.98 Å². The first-order chi connectivity index (χ1) is 14.7. The SMILES string of the molecule is FC(F)(F)c1cc(-c2ccccc2)cc(C(F)(F)F)c1-n1ccnc1-c1ccccc1. The number of imidazole rings is 1. The second-order valence-corrected chi connectivity index (χ2v) is 6.77. The molecule has 31 heavy (non-hydrogen) atoms. The van der Waals surface area contributed by atoms with Gasteiger partial charge in [0.15, 0.2) is 0 Å². The molecule has 0 bridgehead atoms. The second-order valence-electron chi connectivity index (χ2n) is 6.77. The highest BCUT2D eigenvalue weighted by atomic mass is 19.4. The smallest absolute Gasteiger partial charge is 0.299 e. The average Bonchev–Trinajstić information content (AvgIpc) is 3.22. The summed E-state index contributed by atoms with van der Waals surface area (Å²) >= 11 is 0. The minimum absolute atomic E-state index is 0.0240. The fraction of sp³-hybridized carbons (Fsp3) is 0.0870. The van der Waals surface area contributed by atoms with Crippen LogP contribution in [0.15, 0.2) is 85.2 Å². The van der Waals surface area contributed by atoms with Gasteiger partial charge in [-0.2, -0.15) is 26.3 Å². The zero-order chi connectivity index (χ0) is 22.2. The Hall–Kier alpha value is -3.55. The van der Waals surface area contributed by atoms with Crippen LogP contribution in [0.1, 0.15) is 11.1 Å². The molecular weight excluding hydrogens is 418 g/mol. The van der Waals surface area contributed by atoms with Crippen molar-refractivity contribution < 1.29 is 26.3 Å². The molecule has 0 aliphatic rings. The van der Waals surface area contributed by atoms with Crippen LogP contribution in [-0.4, -0.2) is 9.55 Å². The van der Waals surface area contributed by atoms with E-state index in [0.29, 0.717) is 5.56 Å². The normalized spacial score (nSPS) is 12.2. The number of nitrogens with zero attached hydrogens (tertiary/aromatic N) is 2. The molecule has 1 heterocycles. The first-order valence-electron chi connectivity index (χ1n) is 9.13. The third-order valence-electron chi connectivity index (χ3n) is 4.74. The first kappa shape index (κ1) is 20.7. The van der Waals surface area contributed by atoms with Crippen LogP contribution in [0.3, 0.4) is 0 Å². The molecule has 0 radical (unpaired) electrons. The Morgan fingerprint density at radius 2 is 1.10 bits per heavy atom. The zero-order valence-corrected chi connectivity index (χ0v) is 15.7. The first-order valence-corrected chi connectivity index (χ1v) is 9.13. The molecule has 0 N–H and O–H groups in total. The number of rotatable bonds is 3. The van der Waals surface area contributed by atoms with E-state index in [1.54, 1.807) is 48.5 Å². The third kappa shape index (κ3) is 4.05. The van der Waals surface area contributed by atoms with Crippen molar-refractivity contribution in [2.75, 3.05) is 0 Å². The monoisotopic (exact) mass is 432 g/mol. The van der Waals surface area contributed by atoms with Gasteiger partial charge in [0, 0.05) is 18.0 Å². The number of hydrogen-bond acceptors (Lipinski definition) is 1. The van der Waals surface area contributed by atoms with Crippen molar-refractivity contribution in [3.63, 3.8) is 0 Å². The molecule has 158 valence electrons. The maximum atomic E-state index is 14.0. The van der Waals surface area contributed by atoms with Gasteiger partial charge in [-0.3, -0.25) is 4.57 Å². The number of benzene rings is 3. The summed E-state index contributed by atoms with van der Waals surface area (Å²) in [4.78, 5) is 4.02. The van der Waals surface area contributed by atoms with Crippen LogP contribution in [0, 0.1) is 0 Å². The molecule has 4 aromatic rings. The minimum Gasteiger partial charge on any atom is -0.299 e. The van der Waals surface area contributed by atoms with Gasteiger partial charge < -0.3 is 0 Å². The Morgan fingerprint density at radius 1 is 0.613 bits per heavy atom. The van der Waals surface area contributed by atoms with Gasteiger partial charge in [-0.1, -0.05) is 60.7 Å². The molecule has 0 atom stereocenters. The predicted octanol–water partition coefficient (Wildman–Crippen LogP) is 7.24. The lowest BCUT2D eigenvalue weighted by Gasteiger charge is -2.22. The molecule has 3 aromatic carbocycles. The maximum Gasteiger partial charge on any atom is 0.418 e. The van der Waals surface area contributed by atoms with Crippen LogP contribution < -0.4 is 0 Å². The molecule has 0 fully saturated rings. The second kappa shape index (κ2) is 7.61. The van der Waals surface area contributed by atoms with Gasteiger partial charge in [0.2, 0.25) is 0 Å². The van der Waals surface area contributed by atoms with Crippen molar-refractivity contribution in [2.45, 2.75) is 12.4 Å². The summed E-state index contributed by atoms with van der Waals surface area (Å²) in [7, 11) is 0. The molecule has 0 amide bonds. The Bertz CT molecular complexity index is 1160. The number of aromatic nitrogens is 2. The van der Waals surface area contributed by atoms with Crippen molar-refractivity contribution in [2.24, 2.45) is 0 Å². The Balaban J connectivity index is 2.06. The quantitative estimate of drug-likeness (QED) is 0.312. The van der Waals surface area contributed by atoms with Crippen molar-refractivity contribution in [3.05, 3.63) is 96.3 Å². The lowest BCUT2D eigenvalue weighted by atomic mass is 9.96. The van der Waals surface area contributed by atoms with Crippen molar-refractivity contribution in [3.8, 4) is 28.2 Å². The van der Waals surface area contributed by atoms with E-state index in [4.69, 9.17) is 0 Å². The van der Waals surface area contributed by atoms with Crippen LogP contribution in [0.4, 0.5) is 26.3 Å². The highest BCUT2D eigenvalue weighted by Gasteiger charge is 2.42. The molecule has 0 aliphatic carbocycles. The summed E-state index contributed by atoms with van der Waals surface area (Å²) < 4.78 is 85.1. The van der Waals surface area contributed by atoms with Gasteiger partial charge in [0.25, 0.3) is 0 Å². The molecule has 1 aromatic heterocycles. The minimum atomic E-state index is -5.03. The van der Waals surface area contributed by atoms with Crippen molar-refractivity contribution >= 4 is 0 Å². The third-order valence-corrected chi connectivity index (χ3v) is 4.74. The van der Waals surface area contributed by atoms with Crippen molar-refractivity contribution in [1.82, 2.24) is 9.55 Å². The van der Waals surface area contributed by atoms with Crippen LogP contribution >= 0.6 is 0 Å². The lowest BCUT2D eigenvalue weighted by molar-refractivity contribution is -0.142. The maximum absolute atomic E-state index is 14.0. The topological polar surface area (TPSA) is 17.8 Å². The molecule has 8 heteroatoms. The largest absolute Gasteiger partial charge is 0.418 e. The molecule has 0 saturated heterocycles.